The lowest BCUT2D eigenvalue weighted by Crippen LogP contribution is -2.33. The van der Waals surface area contributed by atoms with Crippen molar-refractivity contribution >= 4 is 0 Å². The Morgan fingerprint density at radius 1 is 1.26 bits per heavy atom. The molecule has 3 heteroatoms. The van der Waals surface area contributed by atoms with E-state index in [1.165, 1.54) is 6.07 Å². The van der Waals surface area contributed by atoms with E-state index in [4.69, 9.17) is 4.74 Å². The molecule has 0 bridgehead atoms. The van der Waals surface area contributed by atoms with Crippen LogP contribution in [0.25, 0.3) is 0 Å². The molecule has 0 fully saturated rings. The number of aryl methyl sites for hydroxylation is 1. The summed E-state index contributed by atoms with van der Waals surface area (Å²) in [4.78, 5) is 0. The molecule has 19 heavy (non-hydrogen) atoms. The summed E-state index contributed by atoms with van der Waals surface area (Å²) in [6.45, 7) is 10.0. The summed E-state index contributed by atoms with van der Waals surface area (Å²) in [5.74, 6) is 1.04. The molecule has 0 spiro atoms. The van der Waals surface area contributed by atoms with E-state index in [0.29, 0.717) is 17.2 Å². The minimum Gasteiger partial charge on any atom is -0.489 e. The quantitative estimate of drug-likeness (QED) is 0.770. The molecule has 1 N–H and O–H groups in total. The summed E-state index contributed by atoms with van der Waals surface area (Å²) < 4.78 is 19.3. The van der Waals surface area contributed by atoms with Crippen molar-refractivity contribution in [3.63, 3.8) is 0 Å². The smallest absolute Gasteiger partial charge is 0.129 e. The number of halogens is 1. The van der Waals surface area contributed by atoms with E-state index in [0.717, 1.165) is 25.9 Å². The highest BCUT2D eigenvalue weighted by Gasteiger charge is 2.10. The monoisotopic (exact) mass is 267 g/mol. The number of ether oxygens (including phenoxy) is 1. The van der Waals surface area contributed by atoms with E-state index < -0.39 is 0 Å². The second-order valence-corrected chi connectivity index (χ2v) is 5.49. The van der Waals surface area contributed by atoms with Crippen LogP contribution in [0.2, 0.25) is 0 Å². The topological polar surface area (TPSA) is 21.3 Å². The molecule has 0 saturated heterocycles. The number of hydrogen-bond acceptors (Lipinski definition) is 2. The van der Waals surface area contributed by atoms with Gasteiger partial charge in [0.25, 0.3) is 0 Å². The van der Waals surface area contributed by atoms with Crippen LogP contribution in [0.3, 0.4) is 0 Å². The number of benzene rings is 1. The maximum Gasteiger partial charge on any atom is 0.129 e. The Morgan fingerprint density at radius 2 is 2.00 bits per heavy atom. The zero-order chi connectivity index (χ0) is 14.3. The average Bonchev–Trinajstić information content (AvgIpc) is 2.33. The van der Waals surface area contributed by atoms with Crippen LogP contribution in [0.5, 0.6) is 5.75 Å². The zero-order valence-electron chi connectivity index (χ0n) is 12.5. The first-order valence-electron chi connectivity index (χ1n) is 7.16. The lowest BCUT2D eigenvalue weighted by atomic mass is 10.2. The molecular weight excluding hydrogens is 241 g/mol. The molecule has 1 rings (SSSR count). The van der Waals surface area contributed by atoms with Crippen LogP contribution >= 0.6 is 0 Å². The van der Waals surface area contributed by atoms with Gasteiger partial charge >= 0.3 is 0 Å². The van der Waals surface area contributed by atoms with Crippen molar-refractivity contribution in [3.05, 3.63) is 29.6 Å². The first kappa shape index (κ1) is 16.0. The van der Waals surface area contributed by atoms with Crippen molar-refractivity contribution in [3.8, 4) is 5.75 Å². The van der Waals surface area contributed by atoms with Gasteiger partial charge in [-0.25, -0.2) is 4.39 Å². The Balaban J connectivity index is 2.54. The highest BCUT2D eigenvalue weighted by molar-refractivity contribution is 5.28. The van der Waals surface area contributed by atoms with Gasteiger partial charge in [0.2, 0.25) is 0 Å². The fraction of sp³-hybridized carbons (Fsp3) is 0.625. The van der Waals surface area contributed by atoms with Crippen LogP contribution in [-0.2, 0) is 0 Å². The second-order valence-electron chi connectivity index (χ2n) is 5.49. The normalized spacial score (nSPS) is 12.7. The van der Waals surface area contributed by atoms with E-state index in [9.17, 15) is 4.39 Å². The van der Waals surface area contributed by atoms with Crippen molar-refractivity contribution in [2.24, 2.45) is 5.92 Å². The van der Waals surface area contributed by atoms with Gasteiger partial charge in [0.1, 0.15) is 17.7 Å². The largest absolute Gasteiger partial charge is 0.489 e. The standard InChI is InChI=1S/C16H26FNO/c1-5-6-15(11-18-10-12(2)3)19-14-8-7-13(4)16(17)9-14/h7-9,12,15,18H,5-6,10-11H2,1-4H3. The van der Waals surface area contributed by atoms with Gasteiger partial charge in [0.05, 0.1) is 0 Å². The molecule has 2 nitrogen and oxygen atoms in total. The van der Waals surface area contributed by atoms with E-state index in [1.807, 2.05) is 6.07 Å². The fourth-order valence-electron chi connectivity index (χ4n) is 1.90. The van der Waals surface area contributed by atoms with Crippen LogP contribution in [-0.4, -0.2) is 19.2 Å². The Bertz CT molecular complexity index is 379. The third-order valence-electron chi connectivity index (χ3n) is 2.98. The van der Waals surface area contributed by atoms with Crippen LogP contribution in [0.15, 0.2) is 18.2 Å². The molecule has 0 aliphatic heterocycles. The van der Waals surface area contributed by atoms with Crippen LogP contribution in [0.1, 0.15) is 39.2 Å². The van der Waals surface area contributed by atoms with E-state index >= 15 is 0 Å². The van der Waals surface area contributed by atoms with Crippen LogP contribution < -0.4 is 10.1 Å². The predicted molar refractivity (Wildman–Crippen MR) is 78.2 cm³/mol. The molecule has 0 amide bonds. The van der Waals surface area contributed by atoms with Gasteiger partial charge in [-0.05, 0) is 37.4 Å². The average molecular weight is 267 g/mol. The first-order valence-corrected chi connectivity index (χ1v) is 7.16. The molecule has 1 unspecified atom stereocenters. The summed E-state index contributed by atoms with van der Waals surface area (Å²) in [7, 11) is 0. The van der Waals surface area contributed by atoms with Crippen molar-refractivity contribution in [2.45, 2.75) is 46.6 Å². The Hall–Kier alpha value is -1.09. The molecular formula is C16H26FNO. The van der Waals surface area contributed by atoms with Gasteiger partial charge in [0.15, 0.2) is 0 Å². The summed E-state index contributed by atoms with van der Waals surface area (Å²) in [5.41, 5.74) is 0.650. The van der Waals surface area contributed by atoms with Gasteiger partial charge in [-0.3, -0.25) is 0 Å². The summed E-state index contributed by atoms with van der Waals surface area (Å²) in [5, 5.41) is 3.40. The Kier molecular flexibility index (Phi) is 6.85. The molecule has 0 aliphatic carbocycles. The SMILES string of the molecule is CCCC(CNCC(C)C)Oc1ccc(C)c(F)c1. The molecule has 0 aromatic heterocycles. The third-order valence-corrected chi connectivity index (χ3v) is 2.98. The predicted octanol–water partition coefficient (Wildman–Crippen LogP) is 3.93. The van der Waals surface area contributed by atoms with Crippen molar-refractivity contribution in [1.29, 1.82) is 0 Å². The summed E-state index contributed by atoms with van der Waals surface area (Å²) >= 11 is 0. The van der Waals surface area contributed by atoms with Crippen molar-refractivity contribution in [2.75, 3.05) is 13.1 Å². The van der Waals surface area contributed by atoms with Crippen molar-refractivity contribution in [1.82, 2.24) is 5.32 Å². The number of nitrogens with one attached hydrogen (secondary N) is 1. The fourth-order valence-corrected chi connectivity index (χ4v) is 1.90. The lowest BCUT2D eigenvalue weighted by molar-refractivity contribution is 0.184. The summed E-state index contributed by atoms with van der Waals surface area (Å²) in [6, 6.07) is 5.07. The maximum absolute atomic E-state index is 13.5. The summed E-state index contributed by atoms with van der Waals surface area (Å²) in [6.07, 6.45) is 2.13. The third kappa shape index (κ3) is 6.06. The van der Waals surface area contributed by atoms with Gasteiger partial charge in [-0.15, -0.1) is 0 Å². The maximum atomic E-state index is 13.5. The zero-order valence-corrected chi connectivity index (χ0v) is 12.5. The van der Waals surface area contributed by atoms with Crippen LogP contribution in [0.4, 0.5) is 4.39 Å². The molecule has 0 heterocycles. The van der Waals surface area contributed by atoms with Gasteiger partial charge < -0.3 is 10.1 Å². The molecule has 0 aliphatic rings. The number of rotatable bonds is 8. The highest BCUT2D eigenvalue weighted by atomic mass is 19.1. The van der Waals surface area contributed by atoms with E-state index in [2.05, 4.69) is 26.1 Å². The van der Waals surface area contributed by atoms with Gasteiger partial charge in [-0.1, -0.05) is 33.3 Å². The van der Waals surface area contributed by atoms with Gasteiger partial charge in [0, 0.05) is 12.6 Å². The molecule has 0 radical (unpaired) electrons. The van der Waals surface area contributed by atoms with Crippen molar-refractivity contribution < 1.29 is 9.13 Å². The minimum absolute atomic E-state index is 0.103. The highest BCUT2D eigenvalue weighted by Crippen LogP contribution is 2.18. The molecule has 1 atom stereocenters. The molecule has 0 saturated carbocycles. The van der Waals surface area contributed by atoms with Gasteiger partial charge in [-0.2, -0.15) is 0 Å². The molecule has 108 valence electrons. The van der Waals surface area contributed by atoms with E-state index in [1.54, 1.807) is 13.0 Å². The first-order chi connectivity index (χ1) is 9.02. The lowest BCUT2D eigenvalue weighted by Gasteiger charge is -2.20. The molecule has 1 aromatic rings. The Morgan fingerprint density at radius 3 is 2.58 bits per heavy atom. The second kappa shape index (κ2) is 8.16. The van der Waals surface area contributed by atoms with Crippen LogP contribution in [0, 0.1) is 18.7 Å². The molecule has 1 aromatic carbocycles. The van der Waals surface area contributed by atoms with E-state index in [-0.39, 0.29) is 11.9 Å². The number of hydrogen-bond donors (Lipinski definition) is 1. The Labute approximate surface area is 116 Å². The minimum atomic E-state index is -0.206.